The highest BCUT2D eigenvalue weighted by Gasteiger charge is 2.10. The number of rotatable bonds is 0. The minimum Gasteiger partial charge on any atom is -0.327 e. The lowest BCUT2D eigenvalue weighted by molar-refractivity contribution is 0.520. The summed E-state index contributed by atoms with van der Waals surface area (Å²) in [5, 5.41) is 3.32. The first-order valence-electron chi connectivity index (χ1n) is 3.75. The predicted molar refractivity (Wildman–Crippen MR) is 39.2 cm³/mol. The van der Waals surface area contributed by atoms with E-state index >= 15 is 0 Å². The van der Waals surface area contributed by atoms with Gasteiger partial charge in [0.2, 0.25) is 0 Å². The van der Waals surface area contributed by atoms with Gasteiger partial charge in [0.05, 0.1) is 0 Å². The van der Waals surface area contributed by atoms with Crippen LogP contribution in [-0.2, 0) is 0 Å². The monoisotopic (exact) mass is 128 g/mol. The Morgan fingerprint density at radius 2 is 2.11 bits per heavy atom. The quantitative estimate of drug-likeness (QED) is 0.493. The van der Waals surface area contributed by atoms with Crippen molar-refractivity contribution in [2.24, 2.45) is 11.7 Å². The minimum absolute atomic E-state index is 0.398. The summed E-state index contributed by atoms with van der Waals surface area (Å²) in [6, 6.07) is 0.398. The molecule has 2 nitrogen and oxygen atoms in total. The maximum Gasteiger partial charge on any atom is 0.0165 e. The molecule has 54 valence electrons. The minimum atomic E-state index is 0.398. The summed E-state index contributed by atoms with van der Waals surface area (Å²) < 4.78 is 0. The molecular weight excluding hydrogens is 112 g/mol. The molecule has 1 rings (SSSR count). The number of nitrogens with one attached hydrogen (secondary N) is 1. The number of hydrogen-bond donors (Lipinski definition) is 2. The van der Waals surface area contributed by atoms with E-state index in [9.17, 15) is 0 Å². The van der Waals surface area contributed by atoms with Crippen LogP contribution >= 0.6 is 0 Å². The van der Waals surface area contributed by atoms with Crippen LogP contribution in [0.1, 0.15) is 19.8 Å². The standard InChI is InChI=1S/C7H16N2/c1-6-2-3-7(8)5-9-4-6/h6-7,9H,2-5,8H2,1H3/t6?,7-/m0/s1. The molecule has 0 spiro atoms. The summed E-state index contributed by atoms with van der Waals surface area (Å²) in [6.07, 6.45) is 2.47. The van der Waals surface area contributed by atoms with Gasteiger partial charge in [0, 0.05) is 12.6 Å². The predicted octanol–water partition coefficient (Wildman–Crippen LogP) is 0.333. The van der Waals surface area contributed by atoms with Crippen LogP contribution in [0.4, 0.5) is 0 Å². The Balaban J connectivity index is 2.25. The lowest BCUT2D eigenvalue weighted by Crippen LogP contribution is -2.31. The first-order valence-corrected chi connectivity index (χ1v) is 3.75. The van der Waals surface area contributed by atoms with Crippen LogP contribution in [0.15, 0.2) is 0 Å². The molecule has 0 saturated carbocycles. The van der Waals surface area contributed by atoms with E-state index < -0.39 is 0 Å². The van der Waals surface area contributed by atoms with Crippen LogP contribution in [0.25, 0.3) is 0 Å². The normalized spacial score (nSPS) is 38.0. The second kappa shape index (κ2) is 3.18. The fourth-order valence-electron chi connectivity index (χ4n) is 1.22. The molecule has 0 aliphatic carbocycles. The third kappa shape index (κ3) is 2.33. The van der Waals surface area contributed by atoms with Crippen LogP contribution < -0.4 is 11.1 Å². The van der Waals surface area contributed by atoms with Gasteiger partial charge < -0.3 is 11.1 Å². The molecule has 0 aromatic rings. The van der Waals surface area contributed by atoms with E-state index in [0.29, 0.717) is 6.04 Å². The Hall–Kier alpha value is -0.0800. The fraction of sp³-hybridized carbons (Fsp3) is 1.00. The Morgan fingerprint density at radius 3 is 2.89 bits per heavy atom. The molecular formula is C7H16N2. The molecule has 1 heterocycles. The molecule has 1 fully saturated rings. The second-order valence-corrected chi connectivity index (χ2v) is 3.10. The van der Waals surface area contributed by atoms with Crippen molar-refractivity contribution in [2.75, 3.05) is 13.1 Å². The molecule has 0 aromatic heterocycles. The molecule has 3 N–H and O–H groups in total. The first kappa shape index (κ1) is 7.03. The van der Waals surface area contributed by atoms with E-state index in [0.717, 1.165) is 19.0 Å². The molecule has 0 bridgehead atoms. The van der Waals surface area contributed by atoms with Gasteiger partial charge in [-0.15, -0.1) is 0 Å². The summed E-state index contributed by atoms with van der Waals surface area (Å²) in [6.45, 7) is 4.42. The van der Waals surface area contributed by atoms with Gasteiger partial charge in [0.1, 0.15) is 0 Å². The maximum absolute atomic E-state index is 5.73. The third-order valence-electron chi connectivity index (χ3n) is 1.93. The SMILES string of the molecule is CC1CC[C@H](N)CNC1. The van der Waals surface area contributed by atoms with Crippen molar-refractivity contribution in [1.29, 1.82) is 0 Å². The summed E-state index contributed by atoms with van der Waals surface area (Å²) >= 11 is 0. The van der Waals surface area contributed by atoms with Crippen LogP contribution in [0, 0.1) is 5.92 Å². The Kier molecular flexibility index (Phi) is 2.49. The lowest BCUT2D eigenvalue weighted by atomic mass is 10.1. The molecule has 9 heavy (non-hydrogen) atoms. The molecule has 0 amide bonds. The fourth-order valence-corrected chi connectivity index (χ4v) is 1.22. The average Bonchev–Trinajstić information content (AvgIpc) is 1.97. The highest BCUT2D eigenvalue weighted by Crippen LogP contribution is 2.08. The zero-order valence-corrected chi connectivity index (χ0v) is 6.06. The van der Waals surface area contributed by atoms with Gasteiger partial charge >= 0.3 is 0 Å². The maximum atomic E-state index is 5.73. The molecule has 0 radical (unpaired) electrons. The van der Waals surface area contributed by atoms with Gasteiger partial charge in [0.25, 0.3) is 0 Å². The van der Waals surface area contributed by atoms with Gasteiger partial charge in [-0.25, -0.2) is 0 Å². The first-order chi connectivity index (χ1) is 4.29. The molecule has 1 saturated heterocycles. The molecule has 1 aliphatic rings. The number of nitrogens with two attached hydrogens (primary N) is 1. The Labute approximate surface area is 56.8 Å². The second-order valence-electron chi connectivity index (χ2n) is 3.10. The van der Waals surface area contributed by atoms with Gasteiger partial charge in [-0.3, -0.25) is 0 Å². The highest BCUT2D eigenvalue weighted by molar-refractivity contribution is 4.72. The van der Waals surface area contributed by atoms with E-state index in [1.165, 1.54) is 12.8 Å². The van der Waals surface area contributed by atoms with Gasteiger partial charge in [-0.2, -0.15) is 0 Å². The molecule has 1 aliphatic heterocycles. The average molecular weight is 128 g/mol. The topological polar surface area (TPSA) is 38.0 Å². The van der Waals surface area contributed by atoms with Gasteiger partial charge in [0.15, 0.2) is 0 Å². The Bertz CT molecular complexity index is 73.0. The van der Waals surface area contributed by atoms with Gasteiger partial charge in [-0.05, 0) is 25.3 Å². The zero-order valence-electron chi connectivity index (χ0n) is 6.06. The van der Waals surface area contributed by atoms with Crippen LogP contribution in [0.3, 0.4) is 0 Å². The smallest absolute Gasteiger partial charge is 0.0165 e. The lowest BCUT2D eigenvalue weighted by Gasteiger charge is -2.04. The van der Waals surface area contributed by atoms with Crippen LogP contribution in [0.2, 0.25) is 0 Å². The van der Waals surface area contributed by atoms with Crippen molar-refractivity contribution in [2.45, 2.75) is 25.8 Å². The van der Waals surface area contributed by atoms with E-state index in [4.69, 9.17) is 5.73 Å². The number of hydrogen-bond acceptors (Lipinski definition) is 2. The van der Waals surface area contributed by atoms with Crippen molar-refractivity contribution in [3.05, 3.63) is 0 Å². The summed E-state index contributed by atoms with van der Waals surface area (Å²) in [7, 11) is 0. The van der Waals surface area contributed by atoms with E-state index in [1.807, 2.05) is 0 Å². The largest absolute Gasteiger partial charge is 0.327 e. The van der Waals surface area contributed by atoms with Crippen molar-refractivity contribution in [3.63, 3.8) is 0 Å². The molecule has 0 aromatic carbocycles. The van der Waals surface area contributed by atoms with E-state index in [-0.39, 0.29) is 0 Å². The van der Waals surface area contributed by atoms with Crippen molar-refractivity contribution in [1.82, 2.24) is 5.32 Å². The Morgan fingerprint density at radius 1 is 1.33 bits per heavy atom. The molecule has 1 unspecified atom stereocenters. The highest BCUT2D eigenvalue weighted by atomic mass is 14.9. The summed E-state index contributed by atoms with van der Waals surface area (Å²) in [5.74, 6) is 0.818. The van der Waals surface area contributed by atoms with Crippen LogP contribution in [-0.4, -0.2) is 19.1 Å². The third-order valence-corrected chi connectivity index (χ3v) is 1.93. The summed E-state index contributed by atoms with van der Waals surface area (Å²) in [4.78, 5) is 0. The summed E-state index contributed by atoms with van der Waals surface area (Å²) in [5.41, 5.74) is 5.73. The van der Waals surface area contributed by atoms with Crippen molar-refractivity contribution in [3.8, 4) is 0 Å². The van der Waals surface area contributed by atoms with Crippen molar-refractivity contribution < 1.29 is 0 Å². The van der Waals surface area contributed by atoms with E-state index in [2.05, 4.69) is 12.2 Å². The van der Waals surface area contributed by atoms with Gasteiger partial charge in [-0.1, -0.05) is 6.92 Å². The zero-order chi connectivity index (χ0) is 6.69. The van der Waals surface area contributed by atoms with Crippen molar-refractivity contribution >= 4 is 0 Å². The molecule has 2 heteroatoms. The van der Waals surface area contributed by atoms with Crippen LogP contribution in [0.5, 0.6) is 0 Å². The molecule has 2 atom stereocenters. The van der Waals surface area contributed by atoms with E-state index in [1.54, 1.807) is 0 Å².